The third-order valence-electron chi connectivity index (χ3n) is 3.36. The van der Waals surface area contributed by atoms with E-state index in [0.717, 1.165) is 23.7 Å². The first kappa shape index (κ1) is 10.6. The molecule has 3 rings (SSSR count). The largest absolute Gasteiger partial charge is 0.390 e. The topological polar surface area (TPSA) is 40.8 Å². The number of aromatic nitrogens is 2. The van der Waals surface area contributed by atoms with E-state index in [1.165, 1.54) is 12.8 Å². The van der Waals surface area contributed by atoms with Gasteiger partial charge in [0.1, 0.15) is 5.65 Å². The second-order valence-corrected chi connectivity index (χ2v) is 4.49. The number of nitrogens with zero attached hydrogens (tertiary/aromatic N) is 3. The molecule has 4 nitrogen and oxygen atoms in total. The van der Waals surface area contributed by atoms with Crippen molar-refractivity contribution in [2.75, 3.05) is 11.4 Å². The maximum Gasteiger partial charge on any atom is 0.153 e. The van der Waals surface area contributed by atoms with Crippen molar-refractivity contribution in [3.05, 3.63) is 30.1 Å². The summed E-state index contributed by atoms with van der Waals surface area (Å²) >= 11 is 0. The SMILES string of the molecule is CCN(c1nc2ccccn2c1CO)C1CC1. The van der Waals surface area contributed by atoms with Gasteiger partial charge in [-0.3, -0.25) is 4.40 Å². The minimum absolute atomic E-state index is 0.0315. The summed E-state index contributed by atoms with van der Waals surface area (Å²) in [5, 5.41) is 9.56. The van der Waals surface area contributed by atoms with Gasteiger partial charge < -0.3 is 10.0 Å². The van der Waals surface area contributed by atoms with Crippen LogP contribution in [0.5, 0.6) is 0 Å². The van der Waals surface area contributed by atoms with E-state index in [1.807, 2.05) is 28.8 Å². The summed E-state index contributed by atoms with van der Waals surface area (Å²) in [5.41, 5.74) is 1.81. The standard InChI is InChI=1S/C13H17N3O/c1-2-15(10-6-7-10)13-11(9-17)16-8-4-3-5-12(16)14-13/h3-5,8,10,17H,2,6-7,9H2,1H3. The third-order valence-corrected chi connectivity index (χ3v) is 3.36. The lowest BCUT2D eigenvalue weighted by Gasteiger charge is -2.21. The highest BCUT2D eigenvalue weighted by atomic mass is 16.3. The third kappa shape index (κ3) is 1.69. The van der Waals surface area contributed by atoms with Crippen LogP contribution in [0, 0.1) is 0 Å². The number of rotatable bonds is 4. The van der Waals surface area contributed by atoms with Gasteiger partial charge in [0.05, 0.1) is 12.3 Å². The molecule has 2 heterocycles. The van der Waals surface area contributed by atoms with E-state index in [9.17, 15) is 5.11 Å². The summed E-state index contributed by atoms with van der Waals surface area (Å²) < 4.78 is 1.97. The van der Waals surface area contributed by atoms with Crippen molar-refractivity contribution in [3.8, 4) is 0 Å². The highest BCUT2D eigenvalue weighted by molar-refractivity contribution is 5.56. The molecule has 0 saturated heterocycles. The molecule has 1 N–H and O–H groups in total. The molecule has 17 heavy (non-hydrogen) atoms. The van der Waals surface area contributed by atoms with Crippen molar-refractivity contribution < 1.29 is 5.11 Å². The predicted molar refractivity (Wildman–Crippen MR) is 67.2 cm³/mol. The molecule has 1 saturated carbocycles. The molecule has 1 aliphatic rings. The Kier molecular flexibility index (Phi) is 2.52. The van der Waals surface area contributed by atoms with Gasteiger partial charge in [-0.1, -0.05) is 6.07 Å². The second-order valence-electron chi connectivity index (χ2n) is 4.49. The Balaban J connectivity index is 2.13. The number of pyridine rings is 1. The quantitative estimate of drug-likeness (QED) is 0.872. The molecule has 2 aromatic rings. The minimum Gasteiger partial charge on any atom is -0.390 e. The lowest BCUT2D eigenvalue weighted by molar-refractivity contribution is 0.276. The van der Waals surface area contributed by atoms with Gasteiger partial charge in [-0.25, -0.2) is 4.98 Å². The van der Waals surface area contributed by atoms with Crippen LogP contribution in [-0.4, -0.2) is 27.1 Å². The number of fused-ring (bicyclic) bond motifs is 1. The zero-order chi connectivity index (χ0) is 11.8. The molecule has 1 fully saturated rings. The normalized spacial score (nSPS) is 15.4. The Morgan fingerprint density at radius 2 is 2.29 bits per heavy atom. The molecule has 90 valence electrons. The van der Waals surface area contributed by atoms with E-state index in [4.69, 9.17) is 0 Å². The summed E-state index contributed by atoms with van der Waals surface area (Å²) in [4.78, 5) is 6.95. The van der Waals surface area contributed by atoms with Crippen molar-refractivity contribution >= 4 is 11.5 Å². The molecule has 0 atom stereocenters. The molecule has 0 radical (unpaired) electrons. The summed E-state index contributed by atoms with van der Waals surface area (Å²) in [7, 11) is 0. The Morgan fingerprint density at radius 3 is 2.94 bits per heavy atom. The van der Waals surface area contributed by atoms with Crippen molar-refractivity contribution in [1.29, 1.82) is 0 Å². The molecule has 0 spiro atoms. The molecule has 0 amide bonds. The summed E-state index contributed by atoms with van der Waals surface area (Å²) in [6.07, 6.45) is 4.44. The van der Waals surface area contributed by atoms with E-state index >= 15 is 0 Å². The van der Waals surface area contributed by atoms with Gasteiger partial charge in [-0.15, -0.1) is 0 Å². The minimum atomic E-state index is 0.0315. The van der Waals surface area contributed by atoms with Gasteiger partial charge in [0.2, 0.25) is 0 Å². The first-order valence-corrected chi connectivity index (χ1v) is 6.18. The van der Waals surface area contributed by atoms with Crippen molar-refractivity contribution in [2.45, 2.75) is 32.4 Å². The Labute approximate surface area is 101 Å². The molecule has 2 aromatic heterocycles. The van der Waals surface area contributed by atoms with E-state index < -0.39 is 0 Å². The van der Waals surface area contributed by atoms with Crippen LogP contribution in [0.4, 0.5) is 5.82 Å². The second kappa shape index (κ2) is 4.04. The maximum absolute atomic E-state index is 9.56. The Bertz CT molecular complexity index is 530. The monoisotopic (exact) mass is 231 g/mol. The van der Waals surface area contributed by atoms with Crippen molar-refractivity contribution in [1.82, 2.24) is 9.38 Å². The average molecular weight is 231 g/mol. The molecule has 0 aromatic carbocycles. The summed E-state index contributed by atoms with van der Waals surface area (Å²) in [6, 6.07) is 6.53. The molecular formula is C13H17N3O. The van der Waals surface area contributed by atoms with Crippen LogP contribution in [0.3, 0.4) is 0 Å². The highest BCUT2D eigenvalue weighted by Crippen LogP contribution is 2.33. The van der Waals surface area contributed by atoms with Crippen LogP contribution < -0.4 is 4.90 Å². The van der Waals surface area contributed by atoms with Crippen molar-refractivity contribution in [2.24, 2.45) is 0 Å². The van der Waals surface area contributed by atoms with Gasteiger partial charge in [0.25, 0.3) is 0 Å². The Morgan fingerprint density at radius 1 is 1.47 bits per heavy atom. The van der Waals surface area contributed by atoms with E-state index in [-0.39, 0.29) is 6.61 Å². The zero-order valence-corrected chi connectivity index (χ0v) is 10.0. The van der Waals surface area contributed by atoms with Crippen LogP contribution in [0.1, 0.15) is 25.5 Å². The van der Waals surface area contributed by atoms with E-state index in [0.29, 0.717) is 6.04 Å². The van der Waals surface area contributed by atoms with Gasteiger partial charge in [-0.2, -0.15) is 0 Å². The number of aliphatic hydroxyl groups is 1. The van der Waals surface area contributed by atoms with Crippen LogP contribution in [0.2, 0.25) is 0 Å². The first-order chi connectivity index (χ1) is 8.35. The Hall–Kier alpha value is -1.55. The van der Waals surface area contributed by atoms with Gasteiger partial charge >= 0.3 is 0 Å². The van der Waals surface area contributed by atoms with Gasteiger partial charge in [0, 0.05) is 18.8 Å². The van der Waals surface area contributed by atoms with Gasteiger partial charge in [0.15, 0.2) is 5.82 Å². The lowest BCUT2D eigenvalue weighted by atomic mass is 10.3. The maximum atomic E-state index is 9.56. The number of aliphatic hydroxyl groups excluding tert-OH is 1. The fraction of sp³-hybridized carbons (Fsp3) is 0.462. The number of anilines is 1. The highest BCUT2D eigenvalue weighted by Gasteiger charge is 2.31. The number of hydrogen-bond donors (Lipinski definition) is 1. The summed E-state index contributed by atoms with van der Waals surface area (Å²) in [6.45, 7) is 3.12. The molecule has 0 bridgehead atoms. The average Bonchev–Trinajstić information content (AvgIpc) is 3.11. The van der Waals surface area contributed by atoms with Gasteiger partial charge in [-0.05, 0) is 31.9 Å². The number of imidazole rings is 1. The smallest absolute Gasteiger partial charge is 0.153 e. The van der Waals surface area contributed by atoms with Crippen LogP contribution in [-0.2, 0) is 6.61 Å². The van der Waals surface area contributed by atoms with E-state index in [1.54, 1.807) is 0 Å². The number of hydrogen-bond acceptors (Lipinski definition) is 3. The predicted octanol–water partition coefficient (Wildman–Crippen LogP) is 1.82. The first-order valence-electron chi connectivity index (χ1n) is 6.18. The zero-order valence-electron chi connectivity index (χ0n) is 10.0. The molecule has 4 heteroatoms. The van der Waals surface area contributed by atoms with E-state index in [2.05, 4.69) is 16.8 Å². The van der Waals surface area contributed by atoms with Crippen LogP contribution in [0.15, 0.2) is 24.4 Å². The fourth-order valence-corrected chi connectivity index (χ4v) is 2.38. The molecular weight excluding hydrogens is 214 g/mol. The van der Waals surface area contributed by atoms with Crippen LogP contribution in [0.25, 0.3) is 5.65 Å². The lowest BCUT2D eigenvalue weighted by Crippen LogP contribution is -2.26. The molecule has 0 unspecified atom stereocenters. The van der Waals surface area contributed by atoms with Crippen molar-refractivity contribution in [3.63, 3.8) is 0 Å². The van der Waals surface area contributed by atoms with Crippen LogP contribution >= 0.6 is 0 Å². The molecule has 0 aliphatic heterocycles. The fourth-order valence-electron chi connectivity index (χ4n) is 2.38. The summed E-state index contributed by atoms with van der Waals surface area (Å²) in [5.74, 6) is 0.948. The molecule has 1 aliphatic carbocycles.